The van der Waals surface area contributed by atoms with Crippen LogP contribution in [0.2, 0.25) is 0 Å². The number of hydrogen-bond donors (Lipinski definition) is 1. The molecular formula is C21H25N3O2S. The van der Waals surface area contributed by atoms with Crippen molar-refractivity contribution < 1.29 is 8.42 Å². The Kier molecular flexibility index (Phi) is 5.11. The molecule has 0 saturated heterocycles. The SMILES string of the molecule is Cc1ccc(Cn2ccc(NS(=O)(=O)c3ccc(C(C)(C)C)cc3)n2)cc1. The molecule has 0 aliphatic heterocycles. The maximum atomic E-state index is 12.6. The highest BCUT2D eigenvalue weighted by molar-refractivity contribution is 7.92. The van der Waals surface area contributed by atoms with E-state index < -0.39 is 10.0 Å². The number of hydrogen-bond acceptors (Lipinski definition) is 3. The minimum Gasteiger partial charge on any atom is -0.266 e. The van der Waals surface area contributed by atoms with Crippen molar-refractivity contribution in [3.8, 4) is 0 Å². The van der Waals surface area contributed by atoms with Gasteiger partial charge in [-0.2, -0.15) is 5.10 Å². The fourth-order valence-electron chi connectivity index (χ4n) is 2.72. The molecule has 1 aromatic heterocycles. The molecule has 0 aliphatic carbocycles. The molecular weight excluding hydrogens is 358 g/mol. The molecule has 5 nitrogen and oxygen atoms in total. The molecule has 0 spiro atoms. The number of aryl methyl sites for hydroxylation is 1. The van der Waals surface area contributed by atoms with Crippen molar-refractivity contribution in [2.45, 2.75) is 44.6 Å². The van der Waals surface area contributed by atoms with Gasteiger partial charge in [-0.3, -0.25) is 9.40 Å². The Labute approximate surface area is 161 Å². The van der Waals surface area contributed by atoms with E-state index in [1.54, 1.807) is 29.1 Å². The Hall–Kier alpha value is -2.60. The van der Waals surface area contributed by atoms with Crippen LogP contribution in [0.15, 0.2) is 65.7 Å². The lowest BCUT2D eigenvalue weighted by molar-refractivity contribution is 0.587. The molecule has 0 bridgehead atoms. The number of sulfonamides is 1. The Bertz CT molecular complexity index is 1010. The zero-order chi connectivity index (χ0) is 19.7. The molecule has 0 amide bonds. The summed E-state index contributed by atoms with van der Waals surface area (Å²) >= 11 is 0. The largest absolute Gasteiger partial charge is 0.266 e. The van der Waals surface area contributed by atoms with Gasteiger partial charge in [-0.15, -0.1) is 0 Å². The summed E-state index contributed by atoms with van der Waals surface area (Å²) in [6.45, 7) is 8.90. The first kappa shape index (κ1) is 19.2. The average Bonchev–Trinajstić information content (AvgIpc) is 3.02. The highest BCUT2D eigenvalue weighted by atomic mass is 32.2. The third-order valence-electron chi connectivity index (χ3n) is 4.38. The molecule has 6 heteroatoms. The van der Waals surface area contributed by atoms with Gasteiger partial charge in [0.2, 0.25) is 0 Å². The van der Waals surface area contributed by atoms with Gasteiger partial charge < -0.3 is 0 Å². The van der Waals surface area contributed by atoms with E-state index >= 15 is 0 Å². The maximum absolute atomic E-state index is 12.6. The Morgan fingerprint density at radius 1 is 0.963 bits per heavy atom. The van der Waals surface area contributed by atoms with Crippen LogP contribution in [-0.4, -0.2) is 18.2 Å². The minimum atomic E-state index is -3.67. The quantitative estimate of drug-likeness (QED) is 0.713. The molecule has 0 fully saturated rings. The Morgan fingerprint density at radius 2 is 1.59 bits per heavy atom. The summed E-state index contributed by atoms with van der Waals surface area (Å²) in [7, 11) is -3.67. The van der Waals surface area contributed by atoms with Gasteiger partial charge in [0, 0.05) is 12.3 Å². The predicted molar refractivity (Wildman–Crippen MR) is 108 cm³/mol. The first-order valence-corrected chi connectivity index (χ1v) is 10.3. The first-order valence-electron chi connectivity index (χ1n) is 8.86. The van der Waals surface area contributed by atoms with Gasteiger partial charge in [0.25, 0.3) is 10.0 Å². The van der Waals surface area contributed by atoms with Crippen molar-refractivity contribution in [3.05, 3.63) is 77.5 Å². The number of aromatic nitrogens is 2. The van der Waals surface area contributed by atoms with Crippen LogP contribution >= 0.6 is 0 Å². The fraction of sp³-hybridized carbons (Fsp3) is 0.286. The van der Waals surface area contributed by atoms with E-state index in [2.05, 4.69) is 30.6 Å². The standard InChI is InChI=1S/C21H25N3O2S/c1-16-5-7-17(8-6-16)15-24-14-13-20(22-24)23-27(25,26)19-11-9-18(10-12-19)21(2,3)4/h5-14H,15H2,1-4H3,(H,22,23). The van der Waals surface area contributed by atoms with E-state index in [-0.39, 0.29) is 10.3 Å². The summed E-state index contributed by atoms with van der Waals surface area (Å²) in [5.74, 6) is 0.307. The Morgan fingerprint density at radius 3 is 2.19 bits per heavy atom. The average molecular weight is 384 g/mol. The Balaban J connectivity index is 1.72. The van der Waals surface area contributed by atoms with Gasteiger partial charge in [0.1, 0.15) is 0 Å². The molecule has 1 N–H and O–H groups in total. The highest BCUT2D eigenvalue weighted by Crippen LogP contribution is 2.24. The molecule has 27 heavy (non-hydrogen) atoms. The van der Waals surface area contributed by atoms with Crippen molar-refractivity contribution in [3.63, 3.8) is 0 Å². The lowest BCUT2D eigenvalue weighted by atomic mass is 9.87. The van der Waals surface area contributed by atoms with Crippen LogP contribution in [0.3, 0.4) is 0 Å². The van der Waals surface area contributed by atoms with Crippen molar-refractivity contribution >= 4 is 15.8 Å². The van der Waals surface area contributed by atoms with Crippen molar-refractivity contribution in [1.82, 2.24) is 9.78 Å². The molecule has 2 aromatic carbocycles. The molecule has 0 unspecified atom stereocenters. The lowest BCUT2D eigenvalue weighted by Gasteiger charge is -2.19. The second-order valence-corrected chi connectivity index (χ2v) is 9.45. The van der Waals surface area contributed by atoms with Gasteiger partial charge in [0.05, 0.1) is 11.4 Å². The zero-order valence-electron chi connectivity index (χ0n) is 16.1. The summed E-state index contributed by atoms with van der Waals surface area (Å²) < 4.78 is 29.5. The normalized spacial score (nSPS) is 12.1. The number of nitrogens with zero attached hydrogens (tertiary/aromatic N) is 2. The predicted octanol–water partition coefficient (Wildman–Crippen LogP) is 4.34. The van der Waals surface area contributed by atoms with Gasteiger partial charge >= 0.3 is 0 Å². The second kappa shape index (κ2) is 7.19. The summed E-state index contributed by atoms with van der Waals surface area (Å²) in [5, 5.41) is 4.32. The van der Waals surface area contributed by atoms with Crippen LogP contribution in [0.5, 0.6) is 0 Å². The summed E-state index contributed by atoms with van der Waals surface area (Å²) in [5.41, 5.74) is 3.37. The third-order valence-corrected chi connectivity index (χ3v) is 5.75. The summed E-state index contributed by atoms with van der Waals surface area (Å²) in [6, 6.07) is 16.8. The minimum absolute atomic E-state index is 0.0233. The molecule has 142 valence electrons. The highest BCUT2D eigenvalue weighted by Gasteiger charge is 2.18. The smallest absolute Gasteiger partial charge is 0.263 e. The zero-order valence-corrected chi connectivity index (χ0v) is 16.9. The van der Waals surface area contributed by atoms with Crippen LogP contribution in [0.1, 0.15) is 37.5 Å². The molecule has 3 aromatic rings. The van der Waals surface area contributed by atoms with Gasteiger partial charge in [0.15, 0.2) is 5.82 Å². The molecule has 0 saturated carbocycles. The van der Waals surface area contributed by atoms with Crippen LogP contribution in [0.4, 0.5) is 5.82 Å². The van der Waals surface area contributed by atoms with E-state index in [0.29, 0.717) is 12.4 Å². The van der Waals surface area contributed by atoms with Crippen molar-refractivity contribution in [1.29, 1.82) is 0 Å². The van der Waals surface area contributed by atoms with Crippen LogP contribution in [0, 0.1) is 6.92 Å². The lowest BCUT2D eigenvalue weighted by Crippen LogP contribution is -2.15. The van der Waals surface area contributed by atoms with E-state index in [0.717, 1.165) is 11.1 Å². The van der Waals surface area contributed by atoms with Gasteiger partial charge in [-0.1, -0.05) is 62.7 Å². The third kappa shape index (κ3) is 4.77. The van der Waals surface area contributed by atoms with Crippen LogP contribution in [-0.2, 0) is 22.0 Å². The summed E-state index contributed by atoms with van der Waals surface area (Å²) in [4.78, 5) is 0.226. The van der Waals surface area contributed by atoms with E-state index in [1.165, 1.54) is 5.56 Å². The van der Waals surface area contributed by atoms with E-state index in [4.69, 9.17) is 0 Å². The monoisotopic (exact) mass is 383 g/mol. The number of benzene rings is 2. The molecule has 1 heterocycles. The second-order valence-electron chi connectivity index (χ2n) is 7.76. The van der Waals surface area contributed by atoms with Gasteiger partial charge in [-0.05, 0) is 35.6 Å². The van der Waals surface area contributed by atoms with Gasteiger partial charge in [-0.25, -0.2) is 8.42 Å². The summed E-state index contributed by atoms with van der Waals surface area (Å²) in [6.07, 6.45) is 1.76. The first-order chi connectivity index (χ1) is 12.6. The molecule has 0 atom stereocenters. The molecule has 0 aliphatic rings. The maximum Gasteiger partial charge on any atom is 0.263 e. The molecule has 0 radical (unpaired) electrons. The topological polar surface area (TPSA) is 64.0 Å². The van der Waals surface area contributed by atoms with Crippen LogP contribution in [0.25, 0.3) is 0 Å². The fourth-order valence-corrected chi connectivity index (χ4v) is 3.71. The number of anilines is 1. The van der Waals surface area contributed by atoms with Crippen molar-refractivity contribution in [2.24, 2.45) is 0 Å². The number of nitrogens with one attached hydrogen (secondary N) is 1. The van der Waals surface area contributed by atoms with E-state index in [9.17, 15) is 8.42 Å². The number of rotatable bonds is 5. The van der Waals surface area contributed by atoms with Crippen LogP contribution < -0.4 is 4.72 Å². The van der Waals surface area contributed by atoms with Crippen molar-refractivity contribution in [2.75, 3.05) is 4.72 Å². The molecule has 3 rings (SSSR count). The van der Waals surface area contributed by atoms with E-state index in [1.807, 2.05) is 43.3 Å².